The molecule has 3 aromatic carbocycles. The molecule has 4 aliphatic heterocycles. The van der Waals surface area contributed by atoms with Gasteiger partial charge in [-0.25, -0.2) is 9.97 Å². The zero-order valence-electron chi connectivity index (χ0n) is 29.9. The van der Waals surface area contributed by atoms with Crippen LogP contribution in [0.15, 0.2) is 75.8 Å². The highest BCUT2D eigenvalue weighted by Gasteiger charge is 2.61. The standard InChI is InChI=1S/C42H39N5O6/c1-5-41(50,6-2)31(48)17-22-15-21-13-14-29-27(16-21)42-26-11-7-10-24(34(26)47-40(42)52-29)23-9-8-12-28-32(23)25(18-43-28)30-19-44-38(51-30)35-36(42)53-39(46-35)33(20(3)4)45-37(22)49/h7-14,16,18-20,22,33,40,43,47,50H,5-6,15,17H2,1-4H3,(H,45,49)/t22?,33-,40?,42-/m0/s1. The number of nitrogens with one attached hydrogen (secondary N) is 3. The van der Waals surface area contributed by atoms with E-state index in [1.807, 2.05) is 38.2 Å². The number of oxazole rings is 2. The zero-order chi connectivity index (χ0) is 36.4. The Morgan fingerprint density at radius 2 is 1.83 bits per heavy atom. The molecule has 0 aliphatic carbocycles. The van der Waals surface area contributed by atoms with E-state index in [9.17, 15) is 14.7 Å². The summed E-state index contributed by atoms with van der Waals surface area (Å²) < 4.78 is 20.5. The fourth-order valence-corrected chi connectivity index (χ4v) is 9.03. The average Bonchev–Trinajstić information content (AvgIpc) is 3.99. The van der Waals surface area contributed by atoms with Gasteiger partial charge >= 0.3 is 0 Å². The number of rotatable bonds is 6. The second kappa shape index (κ2) is 11.2. The molecular formula is C42H39N5O6. The predicted octanol–water partition coefficient (Wildman–Crippen LogP) is 7.43. The van der Waals surface area contributed by atoms with E-state index in [1.54, 1.807) is 20.0 Å². The first kappa shape index (κ1) is 32.0. The van der Waals surface area contributed by atoms with Gasteiger partial charge in [-0.05, 0) is 48.4 Å². The molecule has 0 radical (unpaired) electrons. The van der Waals surface area contributed by atoms with E-state index in [1.165, 1.54) is 0 Å². The van der Waals surface area contributed by atoms with Gasteiger partial charge in [0.2, 0.25) is 17.7 Å². The first-order valence-electron chi connectivity index (χ1n) is 18.5. The number of ketones is 1. The Bertz CT molecular complexity index is 2500. The van der Waals surface area contributed by atoms with Crippen LogP contribution in [0.3, 0.4) is 0 Å². The highest BCUT2D eigenvalue weighted by atomic mass is 16.5. The van der Waals surface area contributed by atoms with Crippen LogP contribution in [0.25, 0.3) is 44.9 Å². The van der Waals surface area contributed by atoms with E-state index in [0.717, 1.165) is 50.0 Å². The quantitative estimate of drug-likeness (QED) is 0.138. The highest BCUT2D eigenvalue weighted by molar-refractivity contribution is 6.07. The van der Waals surface area contributed by atoms with Crippen molar-refractivity contribution in [2.75, 3.05) is 5.32 Å². The van der Waals surface area contributed by atoms with Crippen molar-refractivity contribution in [1.29, 1.82) is 0 Å². The minimum atomic E-state index is -1.50. The summed E-state index contributed by atoms with van der Waals surface area (Å²) in [5, 5.41) is 19.2. The van der Waals surface area contributed by atoms with Gasteiger partial charge in [0.1, 0.15) is 22.8 Å². The Labute approximate surface area is 305 Å². The maximum absolute atomic E-state index is 14.3. The number of fused-ring (bicyclic) bond motifs is 7. The molecule has 0 fully saturated rings. The van der Waals surface area contributed by atoms with Gasteiger partial charge < -0.3 is 34.3 Å². The molecule has 0 saturated carbocycles. The number of carbonyl (C=O) groups excluding carboxylic acids is 2. The van der Waals surface area contributed by atoms with Crippen molar-refractivity contribution < 1.29 is 28.3 Å². The molecule has 11 nitrogen and oxygen atoms in total. The normalized spacial score (nSPS) is 22.1. The van der Waals surface area contributed by atoms with Gasteiger partial charge in [0, 0.05) is 57.4 Å². The van der Waals surface area contributed by atoms with Crippen molar-refractivity contribution in [3.8, 4) is 39.8 Å². The first-order chi connectivity index (χ1) is 25.6. The Morgan fingerprint density at radius 3 is 2.64 bits per heavy atom. The lowest BCUT2D eigenvalue weighted by Gasteiger charge is -2.29. The smallest absolute Gasteiger partial charge is 0.249 e. The number of Topliss-reactive ketones (excluding diaryl/α,β-unsaturated/α-hetero) is 1. The molecule has 53 heavy (non-hydrogen) atoms. The lowest BCUT2D eigenvalue weighted by molar-refractivity contribution is -0.141. The van der Waals surface area contributed by atoms with Gasteiger partial charge in [-0.1, -0.05) is 70.2 Å². The Hall–Kier alpha value is -5.68. The van der Waals surface area contributed by atoms with Crippen LogP contribution in [0.4, 0.5) is 5.69 Å². The number of hydrogen-bond acceptors (Lipinski definition) is 9. The molecule has 1 spiro atoms. The summed E-state index contributed by atoms with van der Waals surface area (Å²) in [7, 11) is 0. The number of benzene rings is 3. The zero-order valence-corrected chi connectivity index (χ0v) is 29.9. The molecular weight excluding hydrogens is 670 g/mol. The number of aromatic nitrogens is 3. The Morgan fingerprint density at radius 1 is 1.02 bits per heavy atom. The number of anilines is 1. The van der Waals surface area contributed by atoms with Crippen LogP contribution in [0.1, 0.15) is 81.3 Å². The SMILES string of the molecule is CCC(O)(CC)C(=O)CC1Cc2ccc3c(c2)[C@]24c5cccc(c5NC2O3)-c2cccc3[nH]cc(c23)-c2cnc(o2)-c2nc(oc24)[C@H](C(C)C)NC1=O. The molecule has 10 bridgehead atoms. The van der Waals surface area contributed by atoms with Crippen LogP contribution >= 0.6 is 0 Å². The lowest BCUT2D eigenvalue weighted by Crippen LogP contribution is -2.43. The first-order valence-corrected chi connectivity index (χ1v) is 18.5. The Kier molecular flexibility index (Phi) is 6.74. The number of hydrogen-bond donors (Lipinski definition) is 4. The number of para-hydroxylation sites is 1. The molecule has 1 amide bonds. The van der Waals surface area contributed by atoms with Crippen molar-refractivity contribution in [2.24, 2.45) is 11.8 Å². The van der Waals surface area contributed by atoms with E-state index in [2.05, 4.69) is 52.0 Å². The predicted molar refractivity (Wildman–Crippen MR) is 197 cm³/mol. The number of nitrogens with zero attached hydrogens (tertiary/aromatic N) is 2. The number of amides is 1. The number of carbonyl (C=O) groups is 2. The largest absolute Gasteiger partial charge is 0.469 e. The van der Waals surface area contributed by atoms with E-state index >= 15 is 0 Å². The summed E-state index contributed by atoms with van der Waals surface area (Å²) in [5.41, 5.74) is 5.30. The molecule has 7 heterocycles. The third-order valence-corrected chi connectivity index (χ3v) is 12.0. The molecule has 268 valence electrons. The molecule has 3 aromatic heterocycles. The van der Waals surface area contributed by atoms with Gasteiger partial charge in [0.25, 0.3) is 0 Å². The summed E-state index contributed by atoms with van der Waals surface area (Å²) >= 11 is 0. The molecule has 10 rings (SSSR count). The Balaban J connectivity index is 1.27. The number of aliphatic hydroxyl groups is 1. The maximum Gasteiger partial charge on any atom is 0.249 e. The summed E-state index contributed by atoms with van der Waals surface area (Å²) in [6.07, 6.45) is 3.74. The van der Waals surface area contributed by atoms with Crippen LogP contribution < -0.4 is 15.4 Å². The maximum atomic E-state index is 14.3. The third-order valence-electron chi connectivity index (χ3n) is 12.0. The van der Waals surface area contributed by atoms with Crippen LogP contribution in [0.2, 0.25) is 0 Å². The van der Waals surface area contributed by atoms with E-state index < -0.39 is 29.2 Å². The molecule has 2 unspecified atom stereocenters. The van der Waals surface area contributed by atoms with Gasteiger partial charge in [-0.2, -0.15) is 0 Å². The van der Waals surface area contributed by atoms with Crippen LogP contribution in [-0.2, 0) is 21.4 Å². The van der Waals surface area contributed by atoms with Gasteiger partial charge in [0.05, 0.1) is 6.20 Å². The molecule has 0 saturated heterocycles. The van der Waals surface area contributed by atoms with Crippen molar-refractivity contribution in [3.63, 3.8) is 0 Å². The van der Waals surface area contributed by atoms with Gasteiger partial charge in [-0.15, -0.1) is 0 Å². The minimum absolute atomic E-state index is 0.114. The minimum Gasteiger partial charge on any atom is -0.469 e. The van der Waals surface area contributed by atoms with Crippen LogP contribution in [-0.4, -0.2) is 43.6 Å². The van der Waals surface area contributed by atoms with Crippen LogP contribution in [0, 0.1) is 11.8 Å². The molecule has 4 N–H and O–H groups in total. The van der Waals surface area contributed by atoms with Gasteiger partial charge in [0.15, 0.2) is 29.2 Å². The average molecular weight is 710 g/mol. The summed E-state index contributed by atoms with van der Waals surface area (Å²) in [5.74, 6) is 0.772. The number of ether oxygens (including phenoxy) is 1. The second-order valence-electron chi connectivity index (χ2n) is 15.2. The van der Waals surface area contributed by atoms with Crippen molar-refractivity contribution in [3.05, 3.63) is 95.3 Å². The van der Waals surface area contributed by atoms with E-state index in [0.29, 0.717) is 28.9 Å². The van der Waals surface area contributed by atoms with E-state index in [-0.39, 0.29) is 49.2 Å². The van der Waals surface area contributed by atoms with Crippen molar-refractivity contribution >= 4 is 28.3 Å². The summed E-state index contributed by atoms with van der Waals surface area (Å²) in [4.78, 5) is 41.3. The fraction of sp³-hybridized carbons (Fsp3) is 0.333. The third kappa shape index (κ3) is 4.31. The second-order valence-corrected chi connectivity index (χ2v) is 15.2. The topological polar surface area (TPSA) is 156 Å². The van der Waals surface area contributed by atoms with E-state index in [4.69, 9.17) is 23.5 Å². The fourth-order valence-electron chi connectivity index (χ4n) is 9.03. The molecule has 11 heteroatoms. The molecule has 4 atom stereocenters. The van der Waals surface area contributed by atoms with Crippen LogP contribution in [0.5, 0.6) is 5.75 Å². The summed E-state index contributed by atoms with van der Waals surface area (Å²) in [6, 6.07) is 17.8. The number of aromatic amines is 1. The summed E-state index contributed by atoms with van der Waals surface area (Å²) in [6.45, 7) is 7.57. The molecule has 4 aliphatic rings. The van der Waals surface area contributed by atoms with Gasteiger partial charge in [-0.3, -0.25) is 9.59 Å². The van der Waals surface area contributed by atoms with Crippen molar-refractivity contribution in [2.45, 2.75) is 76.7 Å². The molecule has 6 aromatic rings. The number of H-pyrrole nitrogens is 1. The lowest BCUT2D eigenvalue weighted by atomic mass is 9.72. The monoisotopic (exact) mass is 709 g/mol. The van der Waals surface area contributed by atoms with Crippen molar-refractivity contribution in [1.82, 2.24) is 20.3 Å². The highest BCUT2D eigenvalue weighted by Crippen LogP contribution is 2.61.